The lowest BCUT2D eigenvalue weighted by molar-refractivity contribution is -0.225. The number of methoxy groups -OCH3 is 2. The Morgan fingerprint density at radius 3 is 2.24 bits per heavy atom. The largest absolute Gasteiger partial charge is 0.490 e. The van der Waals surface area contributed by atoms with E-state index in [1.807, 2.05) is 6.92 Å². The van der Waals surface area contributed by atoms with E-state index in [0.29, 0.717) is 6.61 Å². The Bertz CT molecular complexity index is 588. The molecule has 0 bridgehead atoms. The summed E-state index contributed by atoms with van der Waals surface area (Å²) in [7, 11) is 2.75. The summed E-state index contributed by atoms with van der Waals surface area (Å²) in [5.74, 6) is -1.80. The average molecular weight is 355 g/mol. The van der Waals surface area contributed by atoms with Gasteiger partial charge in [-0.15, -0.1) is 0 Å². The van der Waals surface area contributed by atoms with Crippen LogP contribution in [0.5, 0.6) is 5.75 Å². The summed E-state index contributed by atoms with van der Waals surface area (Å²) in [6.07, 6.45) is 0.758. The standard InChI is InChI=1S/C13H14Cl3NO4/c1-4-5-21-11-8(14)6-7(9(15)10(11)16)13(19-2,20-3)17-12(6)18/h4-5H2,1-3H3,(H,17,18). The predicted molar refractivity (Wildman–Crippen MR) is 80.4 cm³/mol. The van der Waals surface area contributed by atoms with Crippen LogP contribution in [0.15, 0.2) is 0 Å². The van der Waals surface area contributed by atoms with Gasteiger partial charge in [0.25, 0.3) is 11.8 Å². The van der Waals surface area contributed by atoms with Gasteiger partial charge in [0.15, 0.2) is 5.75 Å². The first-order chi connectivity index (χ1) is 9.93. The highest BCUT2D eigenvalue weighted by atomic mass is 35.5. The molecular weight excluding hydrogens is 341 g/mol. The quantitative estimate of drug-likeness (QED) is 0.648. The van der Waals surface area contributed by atoms with Crippen molar-refractivity contribution in [3.8, 4) is 5.75 Å². The van der Waals surface area contributed by atoms with E-state index in [-0.39, 0.29) is 31.9 Å². The van der Waals surface area contributed by atoms with Crippen molar-refractivity contribution in [2.45, 2.75) is 19.3 Å². The number of rotatable bonds is 5. The first kappa shape index (κ1) is 16.6. The summed E-state index contributed by atoms with van der Waals surface area (Å²) in [4.78, 5) is 12.2. The Kier molecular flexibility index (Phi) is 4.90. The number of carbonyl (C=O) groups excluding carboxylic acids is 1. The molecule has 1 aromatic rings. The molecule has 0 saturated heterocycles. The molecule has 1 aliphatic heterocycles. The van der Waals surface area contributed by atoms with Gasteiger partial charge in [0, 0.05) is 14.2 Å². The van der Waals surface area contributed by atoms with Crippen LogP contribution in [0.25, 0.3) is 0 Å². The highest BCUT2D eigenvalue weighted by Crippen LogP contribution is 2.49. The van der Waals surface area contributed by atoms with Gasteiger partial charge in [-0.25, -0.2) is 0 Å². The second-order valence-corrected chi connectivity index (χ2v) is 5.48. The molecule has 0 aliphatic carbocycles. The summed E-state index contributed by atoms with van der Waals surface area (Å²) in [6, 6.07) is 0. The lowest BCUT2D eigenvalue weighted by Crippen LogP contribution is -2.42. The van der Waals surface area contributed by atoms with E-state index in [1.54, 1.807) is 0 Å². The molecule has 116 valence electrons. The number of nitrogens with one attached hydrogen (secondary N) is 1. The van der Waals surface area contributed by atoms with Crippen molar-refractivity contribution in [2.75, 3.05) is 20.8 Å². The smallest absolute Gasteiger partial charge is 0.282 e. The molecule has 1 N–H and O–H groups in total. The van der Waals surface area contributed by atoms with Crippen LogP contribution in [0.2, 0.25) is 15.1 Å². The van der Waals surface area contributed by atoms with E-state index in [2.05, 4.69) is 5.32 Å². The van der Waals surface area contributed by atoms with Crippen LogP contribution in [0.3, 0.4) is 0 Å². The lowest BCUT2D eigenvalue weighted by Gasteiger charge is -2.27. The zero-order valence-corrected chi connectivity index (χ0v) is 13.9. The molecule has 0 aromatic heterocycles. The van der Waals surface area contributed by atoms with Crippen molar-refractivity contribution in [3.05, 3.63) is 26.2 Å². The van der Waals surface area contributed by atoms with Crippen molar-refractivity contribution < 1.29 is 19.0 Å². The van der Waals surface area contributed by atoms with Gasteiger partial charge in [-0.2, -0.15) is 0 Å². The maximum atomic E-state index is 12.2. The first-order valence-corrected chi connectivity index (χ1v) is 7.33. The highest BCUT2D eigenvalue weighted by Gasteiger charge is 2.49. The number of hydrogen-bond donors (Lipinski definition) is 1. The number of amides is 1. The molecule has 1 heterocycles. The Morgan fingerprint density at radius 2 is 1.71 bits per heavy atom. The summed E-state index contributed by atoms with van der Waals surface area (Å²) in [5, 5.41) is 2.86. The van der Waals surface area contributed by atoms with Crippen LogP contribution >= 0.6 is 34.8 Å². The first-order valence-electron chi connectivity index (χ1n) is 6.20. The molecule has 0 spiro atoms. The summed E-state index contributed by atoms with van der Waals surface area (Å²) < 4.78 is 16.0. The van der Waals surface area contributed by atoms with Crippen molar-refractivity contribution in [3.63, 3.8) is 0 Å². The molecule has 8 heteroatoms. The molecule has 1 aliphatic rings. The topological polar surface area (TPSA) is 56.8 Å². The molecule has 21 heavy (non-hydrogen) atoms. The number of carbonyl (C=O) groups is 1. The monoisotopic (exact) mass is 353 g/mol. The van der Waals surface area contributed by atoms with E-state index in [4.69, 9.17) is 49.0 Å². The van der Waals surface area contributed by atoms with Crippen LogP contribution in [-0.2, 0) is 15.4 Å². The van der Waals surface area contributed by atoms with Gasteiger partial charge in [-0.3, -0.25) is 10.1 Å². The van der Waals surface area contributed by atoms with E-state index >= 15 is 0 Å². The van der Waals surface area contributed by atoms with Crippen molar-refractivity contribution in [1.29, 1.82) is 0 Å². The third-order valence-electron chi connectivity index (χ3n) is 3.14. The van der Waals surface area contributed by atoms with Crippen LogP contribution in [0, 0.1) is 0 Å². The van der Waals surface area contributed by atoms with Crippen LogP contribution in [0.1, 0.15) is 29.3 Å². The van der Waals surface area contributed by atoms with Gasteiger partial charge in [-0.1, -0.05) is 41.7 Å². The number of benzene rings is 1. The number of fused-ring (bicyclic) bond motifs is 1. The van der Waals surface area contributed by atoms with E-state index < -0.39 is 11.8 Å². The van der Waals surface area contributed by atoms with Gasteiger partial charge in [0.1, 0.15) is 5.02 Å². The Hall–Kier alpha value is -0.720. The maximum absolute atomic E-state index is 12.2. The van der Waals surface area contributed by atoms with Gasteiger partial charge in [-0.05, 0) is 6.42 Å². The zero-order chi connectivity index (χ0) is 15.8. The fourth-order valence-electron chi connectivity index (χ4n) is 2.16. The van der Waals surface area contributed by atoms with Crippen molar-refractivity contribution in [2.24, 2.45) is 0 Å². The highest BCUT2D eigenvalue weighted by molar-refractivity contribution is 6.47. The van der Waals surface area contributed by atoms with Crippen LogP contribution in [-0.4, -0.2) is 26.7 Å². The second-order valence-electron chi connectivity index (χ2n) is 4.35. The minimum Gasteiger partial charge on any atom is -0.490 e. The predicted octanol–water partition coefficient (Wildman–Crippen LogP) is 3.58. The zero-order valence-electron chi connectivity index (χ0n) is 11.7. The molecule has 0 radical (unpaired) electrons. The number of ether oxygens (including phenoxy) is 3. The van der Waals surface area contributed by atoms with Crippen molar-refractivity contribution in [1.82, 2.24) is 5.32 Å². The van der Waals surface area contributed by atoms with Gasteiger partial charge in [0.05, 0.1) is 27.8 Å². The molecule has 0 atom stereocenters. The summed E-state index contributed by atoms with van der Waals surface area (Å²) >= 11 is 18.8. The normalized spacial score (nSPS) is 15.8. The third-order valence-corrected chi connectivity index (χ3v) is 4.34. The van der Waals surface area contributed by atoms with E-state index in [0.717, 1.165) is 6.42 Å². The Labute approximate surface area is 137 Å². The van der Waals surface area contributed by atoms with Gasteiger partial charge < -0.3 is 14.2 Å². The SMILES string of the molecule is CCCOc1c(Cl)c(Cl)c2c(c1Cl)C(=O)NC2(OC)OC. The lowest BCUT2D eigenvalue weighted by atomic mass is 10.1. The van der Waals surface area contributed by atoms with Gasteiger partial charge >= 0.3 is 0 Å². The third kappa shape index (κ3) is 2.47. The summed E-state index contributed by atoms with van der Waals surface area (Å²) in [5.41, 5.74) is 0.388. The Balaban J connectivity index is 2.71. The molecule has 0 saturated carbocycles. The minimum absolute atomic E-state index is 0.0846. The number of hydrogen-bond acceptors (Lipinski definition) is 4. The molecule has 0 fully saturated rings. The van der Waals surface area contributed by atoms with Crippen molar-refractivity contribution >= 4 is 40.7 Å². The van der Waals surface area contributed by atoms with E-state index in [1.165, 1.54) is 14.2 Å². The molecule has 5 nitrogen and oxygen atoms in total. The van der Waals surface area contributed by atoms with Gasteiger partial charge in [0.2, 0.25) is 0 Å². The molecule has 1 aromatic carbocycles. The van der Waals surface area contributed by atoms with Crippen LogP contribution in [0.4, 0.5) is 0 Å². The fraction of sp³-hybridized carbons (Fsp3) is 0.462. The molecular formula is C13H14Cl3NO4. The summed E-state index contributed by atoms with van der Waals surface area (Å²) in [6.45, 7) is 2.33. The number of halogens is 3. The minimum atomic E-state index is -1.51. The average Bonchev–Trinajstić information content (AvgIpc) is 2.78. The molecule has 2 rings (SSSR count). The maximum Gasteiger partial charge on any atom is 0.282 e. The molecule has 0 unspecified atom stereocenters. The van der Waals surface area contributed by atoms with E-state index in [9.17, 15) is 4.79 Å². The molecule has 1 amide bonds. The second kappa shape index (κ2) is 6.18. The Morgan fingerprint density at radius 1 is 1.10 bits per heavy atom. The van der Waals surface area contributed by atoms with Crippen LogP contribution < -0.4 is 10.1 Å². The fourth-order valence-corrected chi connectivity index (χ4v) is 3.08.